The summed E-state index contributed by atoms with van der Waals surface area (Å²) in [6.45, 7) is 7.70. The van der Waals surface area contributed by atoms with Crippen LogP contribution in [0, 0.1) is 6.08 Å². The molecule has 2 nitrogen and oxygen atoms in total. The minimum atomic E-state index is 0. The number of hydrogen-bond donors (Lipinski definition) is 0. The van der Waals surface area contributed by atoms with E-state index in [1.165, 1.54) is 0 Å². The molecule has 18 heavy (non-hydrogen) atoms. The van der Waals surface area contributed by atoms with Crippen LogP contribution in [0.2, 0.25) is 0 Å². The molecular weight excluding hydrogens is 210 g/mol. The smallest absolute Gasteiger partial charge is 0.803 e. The standard InChI is InChI=1S/C14H16N2.2Li/c1-5-10(2)11(3)12(4)14(15)13-8-6-7-9-16-13;;/h6-9H,1-4H3;;/q-2;2*+1/b12-11+;;. The van der Waals surface area contributed by atoms with Crippen LogP contribution >= 0.6 is 0 Å². The topological polar surface area (TPSA) is 35.2 Å². The Morgan fingerprint density at radius 3 is 2.17 bits per heavy atom. The van der Waals surface area contributed by atoms with Crippen LogP contribution in [0.4, 0.5) is 0 Å². The van der Waals surface area contributed by atoms with Crippen molar-refractivity contribution >= 4 is 5.71 Å². The number of allylic oxidation sites excluding steroid dienone is 4. The summed E-state index contributed by atoms with van der Waals surface area (Å²) >= 11 is 0. The maximum atomic E-state index is 10.1. The average Bonchev–Trinajstić information content (AvgIpc) is 2.36. The van der Waals surface area contributed by atoms with Crippen LogP contribution in [0.25, 0.3) is 5.41 Å². The van der Waals surface area contributed by atoms with E-state index in [4.69, 9.17) is 0 Å². The molecule has 0 aliphatic heterocycles. The largest absolute Gasteiger partial charge is 1.00 e. The van der Waals surface area contributed by atoms with E-state index in [0.717, 1.165) is 16.7 Å². The molecule has 0 aromatic carbocycles. The quantitative estimate of drug-likeness (QED) is 0.244. The van der Waals surface area contributed by atoms with Crippen LogP contribution in [-0.2, 0) is 0 Å². The average molecular weight is 226 g/mol. The van der Waals surface area contributed by atoms with Crippen LogP contribution in [0.3, 0.4) is 0 Å². The molecule has 1 heterocycles. The van der Waals surface area contributed by atoms with Crippen LogP contribution < -0.4 is 37.7 Å². The monoisotopic (exact) mass is 226 g/mol. The second-order valence-electron chi connectivity index (χ2n) is 3.69. The second-order valence-corrected chi connectivity index (χ2v) is 3.69. The molecule has 0 aliphatic carbocycles. The van der Waals surface area contributed by atoms with Crippen molar-refractivity contribution in [3.8, 4) is 0 Å². The SMILES string of the molecule is C[C-]=C(C)/C(C)=C(\C)C(=[N-])c1ccccn1.[Li+].[Li+]. The zero-order valence-corrected chi connectivity index (χ0v) is 12.2. The first-order chi connectivity index (χ1) is 7.57. The summed E-state index contributed by atoms with van der Waals surface area (Å²) in [5.74, 6) is 0. The summed E-state index contributed by atoms with van der Waals surface area (Å²) < 4.78 is 0. The van der Waals surface area contributed by atoms with Gasteiger partial charge in [0.25, 0.3) is 0 Å². The van der Waals surface area contributed by atoms with E-state index in [0.29, 0.717) is 5.69 Å². The molecule has 0 aliphatic rings. The molecule has 0 radical (unpaired) electrons. The van der Waals surface area contributed by atoms with Gasteiger partial charge in [-0.2, -0.15) is 5.57 Å². The third kappa shape index (κ3) is 5.01. The Hall–Kier alpha value is -0.505. The van der Waals surface area contributed by atoms with Crippen LogP contribution in [-0.4, -0.2) is 10.7 Å². The first kappa shape index (κ1) is 19.8. The van der Waals surface area contributed by atoms with Gasteiger partial charge in [0.1, 0.15) is 0 Å². The van der Waals surface area contributed by atoms with E-state index in [-0.39, 0.29) is 43.4 Å². The number of pyridine rings is 1. The number of aromatic nitrogens is 1. The van der Waals surface area contributed by atoms with Gasteiger partial charge in [0.15, 0.2) is 0 Å². The summed E-state index contributed by atoms with van der Waals surface area (Å²) in [4.78, 5) is 4.12. The molecule has 1 rings (SSSR count). The van der Waals surface area contributed by atoms with Crippen molar-refractivity contribution in [2.45, 2.75) is 27.7 Å². The van der Waals surface area contributed by atoms with E-state index < -0.39 is 0 Å². The first-order valence-corrected chi connectivity index (χ1v) is 5.24. The van der Waals surface area contributed by atoms with Crippen molar-refractivity contribution in [2.75, 3.05) is 0 Å². The molecular formula is C14H16Li2N2. The van der Waals surface area contributed by atoms with Crippen LogP contribution in [0.1, 0.15) is 33.4 Å². The summed E-state index contributed by atoms with van der Waals surface area (Å²) in [5, 5.41) is 10.1. The van der Waals surface area contributed by atoms with Crippen LogP contribution in [0.15, 0.2) is 41.1 Å². The summed E-state index contributed by atoms with van der Waals surface area (Å²) in [5.41, 5.74) is 3.74. The summed E-state index contributed by atoms with van der Waals surface area (Å²) in [6, 6.07) is 5.48. The molecule has 0 N–H and O–H groups in total. The number of nitrogens with zero attached hydrogens (tertiary/aromatic N) is 2. The Morgan fingerprint density at radius 1 is 1.11 bits per heavy atom. The molecule has 0 unspecified atom stereocenters. The summed E-state index contributed by atoms with van der Waals surface area (Å²) in [7, 11) is 0. The molecule has 0 saturated heterocycles. The predicted octanol–water partition coefficient (Wildman–Crippen LogP) is -2.45. The molecule has 0 spiro atoms. The van der Waals surface area contributed by atoms with Crippen molar-refractivity contribution in [1.29, 1.82) is 0 Å². The van der Waals surface area contributed by atoms with E-state index in [1.807, 2.05) is 39.8 Å². The Labute approximate surface area is 134 Å². The van der Waals surface area contributed by atoms with Gasteiger partial charge >= 0.3 is 37.7 Å². The van der Waals surface area contributed by atoms with Crippen molar-refractivity contribution in [1.82, 2.24) is 4.98 Å². The zero-order valence-electron chi connectivity index (χ0n) is 12.2. The third-order valence-electron chi connectivity index (χ3n) is 2.76. The third-order valence-corrected chi connectivity index (χ3v) is 2.76. The Bertz CT molecular complexity index is 448. The normalized spacial score (nSPS) is 11.9. The van der Waals surface area contributed by atoms with Crippen molar-refractivity contribution < 1.29 is 37.7 Å². The Morgan fingerprint density at radius 2 is 1.72 bits per heavy atom. The van der Waals surface area contributed by atoms with Crippen LogP contribution in [0.5, 0.6) is 0 Å². The molecule has 0 amide bonds. The molecule has 1 aromatic heterocycles. The predicted molar refractivity (Wildman–Crippen MR) is 68.2 cm³/mol. The van der Waals surface area contributed by atoms with Gasteiger partial charge in [-0.05, 0) is 12.1 Å². The van der Waals surface area contributed by atoms with E-state index in [1.54, 1.807) is 12.3 Å². The molecule has 4 heteroatoms. The fourth-order valence-corrected chi connectivity index (χ4v) is 1.34. The molecule has 0 atom stereocenters. The van der Waals surface area contributed by atoms with E-state index in [9.17, 15) is 5.41 Å². The molecule has 0 saturated carbocycles. The maximum absolute atomic E-state index is 10.1. The van der Waals surface area contributed by atoms with Crippen molar-refractivity contribution in [2.24, 2.45) is 0 Å². The minimum Gasteiger partial charge on any atom is -0.803 e. The fourth-order valence-electron chi connectivity index (χ4n) is 1.34. The van der Waals surface area contributed by atoms with Gasteiger partial charge in [0.2, 0.25) is 0 Å². The van der Waals surface area contributed by atoms with Crippen molar-refractivity contribution in [3.63, 3.8) is 0 Å². The second kappa shape index (κ2) is 9.43. The molecule has 1 aromatic rings. The maximum Gasteiger partial charge on any atom is 1.00 e. The first-order valence-electron chi connectivity index (χ1n) is 5.24. The van der Waals surface area contributed by atoms with Crippen molar-refractivity contribution in [3.05, 3.63) is 58.3 Å². The van der Waals surface area contributed by atoms with Gasteiger partial charge in [0.05, 0.1) is 0 Å². The Kier molecular flexibility index (Phi) is 10.4. The molecule has 0 bridgehead atoms. The Balaban J connectivity index is 0. The molecule has 0 fully saturated rings. The fraction of sp³-hybridized carbons (Fsp3) is 0.286. The molecule has 84 valence electrons. The summed E-state index contributed by atoms with van der Waals surface area (Å²) in [6.07, 6.45) is 4.74. The van der Waals surface area contributed by atoms with Gasteiger partial charge in [0, 0.05) is 11.9 Å². The number of rotatable bonds is 3. The van der Waals surface area contributed by atoms with Gasteiger partial charge in [-0.15, -0.1) is 25.1 Å². The minimum absolute atomic E-state index is 0. The van der Waals surface area contributed by atoms with Gasteiger partial charge < -0.3 is 5.41 Å². The van der Waals surface area contributed by atoms with Gasteiger partial charge in [-0.3, -0.25) is 11.1 Å². The zero-order chi connectivity index (χ0) is 12.1. The number of hydrogen-bond acceptors (Lipinski definition) is 1. The van der Waals surface area contributed by atoms with Gasteiger partial charge in [-0.25, -0.2) is 5.57 Å². The van der Waals surface area contributed by atoms with Gasteiger partial charge in [-0.1, -0.05) is 19.9 Å². The van der Waals surface area contributed by atoms with E-state index in [2.05, 4.69) is 11.1 Å². The van der Waals surface area contributed by atoms with E-state index >= 15 is 0 Å².